The lowest BCUT2D eigenvalue weighted by atomic mass is 9.95. The van der Waals surface area contributed by atoms with Crippen LogP contribution in [-0.2, 0) is 0 Å². The van der Waals surface area contributed by atoms with Crippen molar-refractivity contribution in [3.63, 3.8) is 0 Å². The Labute approximate surface area is 121 Å². The van der Waals surface area contributed by atoms with Gasteiger partial charge in [0.25, 0.3) is 0 Å². The first-order valence-electron chi connectivity index (χ1n) is 7.62. The van der Waals surface area contributed by atoms with E-state index in [0.717, 1.165) is 0 Å². The van der Waals surface area contributed by atoms with Gasteiger partial charge < -0.3 is 4.98 Å². The molecule has 1 rings (SSSR count). The van der Waals surface area contributed by atoms with Crippen molar-refractivity contribution in [2.75, 3.05) is 0 Å². The van der Waals surface area contributed by atoms with Crippen molar-refractivity contribution in [2.45, 2.75) is 72.1 Å². The van der Waals surface area contributed by atoms with Gasteiger partial charge in [-0.05, 0) is 38.2 Å². The van der Waals surface area contributed by atoms with E-state index in [1.807, 2.05) is 0 Å². The number of nitrogens with one attached hydrogen (secondary N) is 1. The van der Waals surface area contributed by atoms with Crippen molar-refractivity contribution in [1.82, 2.24) is 4.98 Å². The third-order valence-electron chi connectivity index (χ3n) is 4.35. The van der Waals surface area contributed by atoms with E-state index in [4.69, 9.17) is 0 Å². The van der Waals surface area contributed by atoms with Gasteiger partial charge in [-0.2, -0.15) is 0 Å². The van der Waals surface area contributed by atoms with E-state index in [1.165, 1.54) is 5.57 Å². The standard InChI is InChI=1S/C17H33NSi/c1-13(2)15-10-11-17(12-15,14(3)4)19(8,9)18-16(5,6)7/h10-14,18H,1-9H3. The van der Waals surface area contributed by atoms with Crippen LogP contribution in [0.25, 0.3) is 0 Å². The number of hydrogen-bond donors (Lipinski definition) is 1. The molecular formula is C17H33NSi. The Balaban J connectivity index is 3.20. The lowest BCUT2D eigenvalue weighted by Gasteiger charge is -2.47. The van der Waals surface area contributed by atoms with E-state index in [2.05, 4.69) is 84.8 Å². The van der Waals surface area contributed by atoms with Crippen molar-refractivity contribution >= 4 is 8.24 Å². The van der Waals surface area contributed by atoms with Gasteiger partial charge in [-0.25, -0.2) is 0 Å². The van der Waals surface area contributed by atoms with Crippen LogP contribution in [-0.4, -0.2) is 13.8 Å². The van der Waals surface area contributed by atoms with Crippen LogP contribution in [0.5, 0.6) is 0 Å². The van der Waals surface area contributed by atoms with Crippen LogP contribution >= 0.6 is 0 Å². The van der Waals surface area contributed by atoms with Gasteiger partial charge in [0.2, 0.25) is 0 Å². The Bertz CT molecular complexity index is 383. The summed E-state index contributed by atoms with van der Waals surface area (Å²) in [5, 5.41) is 0.236. The lowest BCUT2D eigenvalue weighted by Crippen LogP contribution is -2.61. The molecule has 0 spiro atoms. The van der Waals surface area contributed by atoms with Gasteiger partial charge in [-0.1, -0.05) is 59.0 Å². The maximum absolute atomic E-state index is 3.96. The molecule has 2 heteroatoms. The van der Waals surface area contributed by atoms with Crippen LogP contribution in [0.4, 0.5) is 0 Å². The second kappa shape index (κ2) is 5.21. The average molecular weight is 280 g/mol. The predicted octanol–water partition coefficient (Wildman–Crippen LogP) is 5.13. The first-order valence-corrected chi connectivity index (χ1v) is 10.6. The lowest BCUT2D eigenvalue weighted by molar-refractivity contribution is 0.475. The summed E-state index contributed by atoms with van der Waals surface area (Å²) in [4.78, 5) is 3.96. The van der Waals surface area contributed by atoms with E-state index in [9.17, 15) is 0 Å². The Kier molecular flexibility index (Phi) is 4.58. The third kappa shape index (κ3) is 3.40. The van der Waals surface area contributed by atoms with Crippen LogP contribution in [0.15, 0.2) is 23.8 Å². The summed E-state index contributed by atoms with van der Waals surface area (Å²) in [5.41, 5.74) is 1.69. The molecule has 0 aromatic rings. The quantitative estimate of drug-likeness (QED) is 0.704. The van der Waals surface area contributed by atoms with Gasteiger partial charge >= 0.3 is 0 Å². The number of hydrogen-bond acceptors (Lipinski definition) is 1. The molecule has 1 aliphatic rings. The number of allylic oxidation sites excluding steroid dienone is 4. The highest BCUT2D eigenvalue weighted by Crippen LogP contribution is 2.52. The second-order valence-electron chi connectivity index (χ2n) is 8.22. The fourth-order valence-electron chi connectivity index (χ4n) is 3.48. The van der Waals surface area contributed by atoms with Crippen molar-refractivity contribution in [2.24, 2.45) is 11.8 Å². The minimum atomic E-state index is -1.62. The highest BCUT2D eigenvalue weighted by atomic mass is 28.3. The van der Waals surface area contributed by atoms with Crippen LogP contribution < -0.4 is 4.98 Å². The van der Waals surface area contributed by atoms with Gasteiger partial charge in [0, 0.05) is 10.6 Å². The zero-order valence-corrected chi connectivity index (χ0v) is 15.4. The summed E-state index contributed by atoms with van der Waals surface area (Å²) in [6.07, 6.45) is 7.41. The molecule has 1 aliphatic carbocycles. The molecule has 110 valence electrons. The Hall–Kier alpha value is -0.343. The molecule has 0 amide bonds. The minimum absolute atomic E-state index is 0.180. The van der Waals surface area contributed by atoms with Crippen LogP contribution in [0.3, 0.4) is 0 Å². The van der Waals surface area contributed by atoms with Crippen molar-refractivity contribution in [1.29, 1.82) is 0 Å². The molecule has 0 saturated carbocycles. The first-order chi connectivity index (χ1) is 8.41. The van der Waals surface area contributed by atoms with E-state index in [-0.39, 0.29) is 10.6 Å². The topological polar surface area (TPSA) is 12.0 Å². The molecule has 1 atom stereocenters. The zero-order valence-electron chi connectivity index (χ0n) is 14.4. The van der Waals surface area contributed by atoms with Gasteiger partial charge in [0.1, 0.15) is 8.24 Å². The molecule has 0 bridgehead atoms. The van der Waals surface area contributed by atoms with E-state index >= 15 is 0 Å². The van der Waals surface area contributed by atoms with Gasteiger partial charge in [-0.15, -0.1) is 0 Å². The molecule has 1 unspecified atom stereocenters. The smallest absolute Gasteiger partial charge is 0.134 e. The molecule has 0 aromatic carbocycles. The molecule has 0 aromatic heterocycles. The molecule has 0 saturated heterocycles. The maximum atomic E-state index is 3.96. The predicted molar refractivity (Wildman–Crippen MR) is 90.0 cm³/mol. The minimum Gasteiger partial charge on any atom is -0.332 e. The molecule has 1 N–H and O–H groups in total. The van der Waals surface area contributed by atoms with Crippen molar-refractivity contribution < 1.29 is 0 Å². The Morgan fingerprint density at radius 1 is 1.11 bits per heavy atom. The Morgan fingerprint density at radius 2 is 1.63 bits per heavy atom. The van der Waals surface area contributed by atoms with E-state index in [0.29, 0.717) is 11.8 Å². The molecule has 19 heavy (non-hydrogen) atoms. The number of rotatable bonds is 4. The molecule has 0 radical (unpaired) electrons. The maximum Gasteiger partial charge on any atom is 0.134 e. The average Bonchev–Trinajstić information content (AvgIpc) is 2.58. The fourth-order valence-corrected chi connectivity index (χ4v) is 8.04. The van der Waals surface area contributed by atoms with Gasteiger partial charge in [0.05, 0.1) is 0 Å². The van der Waals surface area contributed by atoms with E-state index in [1.54, 1.807) is 0 Å². The normalized spacial score (nSPS) is 24.5. The third-order valence-corrected chi connectivity index (χ3v) is 8.78. The second-order valence-corrected chi connectivity index (χ2v) is 12.6. The summed E-state index contributed by atoms with van der Waals surface area (Å²) < 4.78 is 0. The largest absolute Gasteiger partial charge is 0.332 e. The molecular weight excluding hydrogens is 246 g/mol. The van der Waals surface area contributed by atoms with Crippen molar-refractivity contribution in [3.8, 4) is 0 Å². The van der Waals surface area contributed by atoms with E-state index < -0.39 is 8.24 Å². The Morgan fingerprint density at radius 3 is 1.95 bits per heavy atom. The van der Waals surface area contributed by atoms with Gasteiger partial charge in [0.15, 0.2) is 0 Å². The SMILES string of the molecule is CC(C)C1=CC(C(C)C)([Si](C)(C)NC(C)(C)C)C=C1. The molecule has 0 fully saturated rings. The molecule has 0 heterocycles. The summed E-state index contributed by atoms with van der Waals surface area (Å²) in [7, 11) is -1.62. The zero-order chi connectivity index (χ0) is 15.1. The highest BCUT2D eigenvalue weighted by Gasteiger charge is 2.49. The molecule has 0 aliphatic heterocycles. The highest BCUT2D eigenvalue weighted by molar-refractivity contribution is 6.79. The van der Waals surface area contributed by atoms with Crippen molar-refractivity contribution in [3.05, 3.63) is 23.8 Å². The first kappa shape index (κ1) is 16.7. The van der Waals surface area contributed by atoms with Crippen LogP contribution in [0, 0.1) is 11.8 Å². The molecule has 1 nitrogen and oxygen atoms in total. The fraction of sp³-hybridized carbons (Fsp3) is 0.765. The summed E-state index contributed by atoms with van der Waals surface area (Å²) in [6, 6.07) is 0. The van der Waals surface area contributed by atoms with Crippen LogP contribution in [0.1, 0.15) is 48.5 Å². The summed E-state index contributed by atoms with van der Waals surface area (Å²) in [5.74, 6) is 1.26. The monoisotopic (exact) mass is 279 g/mol. The summed E-state index contributed by atoms with van der Waals surface area (Å²) >= 11 is 0. The van der Waals surface area contributed by atoms with Gasteiger partial charge in [-0.3, -0.25) is 0 Å². The van der Waals surface area contributed by atoms with Crippen LogP contribution in [0.2, 0.25) is 18.1 Å². The summed E-state index contributed by atoms with van der Waals surface area (Å²) in [6.45, 7) is 21.1.